The van der Waals surface area contributed by atoms with Crippen molar-refractivity contribution in [3.8, 4) is 5.75 Å². The third-order valence-corrected chi connectivity index (χ3v) is 3.05. The summed E-state index contributed by atoms with van der Waals surface area (Å²) in [6.45, 7) is 0. The van der Waals surface area contributed by atoms with Crippen LogP contribution in [-0.2, 0) is 16.0 Å². The van der Waals surface area contributed by atoms with E-state index in [4.69, 9.17) is 4.74 Å². The van der Waals surface area contributed by atoms with Crippen molar-refractivity contribution in [3.63, 3.8) is 0 Å². The molecule has 0 radical (unpaired) electrons. The molecule has 5 heteroatoms. The number of aliphatic hydroxyl groups excluding tert-OH is 1. The van der Waals surface area contributed by atoms with Gasteiger partial charge in [0, 0.05) is 6.42 Å². The minimum absolute atomic E-state index is 0.185. The third-order valence-electron chi connectivity index (χ3n) is 2.15. The first-order chi connectivity index (χ1) is 7.60. The molecule has 0 saturated heterocycles. The maximum Gasteiger partial charge on any atom is 0.335 e. The Kier molecular flexibility index (Phi) is 4.76. The van der Waals surface area contributed by atoms with Gasteiger partial charge in [-0.1, -0.05) is 12.1 Å². The fourth-order valence-corrected chi connectivity index (χ4v) is 1.89. The van der Waals surface area contributed by atoms with E-state index in [1.165, 1.54) is 7.11 Å². The van der Waals surface area contributed by atoms with Crippen molar-refractivity contribution >= 4 is 21.9 Å². The van der Waals surface area contributed by atoms with E-state index in [1.807, 2.05) is 0 Å². The summed E-state index contributed by atoms with van der Waals surface area (Å²) in [5.74, 6) is 0.0179. The average molecular weight is 289 g/mol. The SMILES string of the molecule is COC(=O)C(O)Cc1cccc(OC)c1Br. The molecule has 1 rings (SSSR count). The molecule has 0 aliphatic heterocycles. The first-order valence-corrected chi connectivity index (χ1v) is 5.46. The molecular formula is C11H13BrO4. The van der Waals surface area contributed by atoms with Crippen LogP contribution < -0.4 is 4.74 Å². The summed E-state index contributed by atoms with van der Waals surface area (Å²) in [4.78, 5) is 11.1. The molecule has 0 aromatic heterocycles. The molecule has 1 unspecified atom stereocenters. The zero-order valence-electron chi connectivity index (χ0n) is 9.07. The van der Waals surface area contributed by atoms with Gasteiger partial charge in [0.25, 0.3) is 0 Å². The Labute approximate surface area is 102 Å². The number of aliphatic hydroxyl groups is 1. The highest BCUT2D eigenvalue weighted by atomic mass is 79.9. The highest BCUT2D eigenvalue weighted by Crippen LogP contribution is 2.29. The third kappa shape index (κ3) is 2.96. The topological polar surface area (TPSA) is 55.8 Å². The van der Waals surface area contributed by atoms with Crippen LogP contribution in [0.4, 0.5) is 0 Å². The van der Waals surface area contributed by atoms with Gasteiger partial charge in [-0.15, -0.1) is 0 Å². The summed E-state index contributed by atoms with van der Waals surface area (Å²) in [7, 11) is 2.80. The van der Waals surface area contributed by atoms with Crippen molar-refractivity contribution in [3.05, 3.63) is 28.2 Å². The van der Waals surface area contributed by atoms with Gasteiger partial charge in [0.05, 0.1) is 18.7 Å². The van der Waals surface area contributed by atoms with Crippen LogP contribution in [0.2, 0.25) is 0 Å². The van der Waals surface area contributed by atoms with E-state index in [2.05, 4.69) is 20.7 Å². The minimum atomic E-state index is -1.16. The lowest BCUT2D eigenvalue weighted by Crippen LogP contribution is -2.24. The number of halogens is 1. The summed E-state index contributed by atoms with van der Waals surface area (Å²) < 4.78 is 10.3. The number of benzene rings is 1. The number of hydrogen-bond acceptors (Lipinski definition) is 4. The molecule has 0 bridgehead atoms. The van der Waals surface area contributed by atoms with E-state index in [9.17, 15) is 9.90 Å². The van der Waals surface area contributed by atoms with Gasteiger partial charge in [-0.25, -0.2) is 4.79 Å². The first-order valence-electron chi connectivity index (χ1n) is 4.67. The summed E-state index contributed by atoms with van der Waals surface area (Å²) in [5, 5.41) is 9.52. The van der Waals surface area contributed by atoms with E-state index in [0.29, 0.717) is 5.75 Å². The molecule has 0 heterocycles. The number of methoxy groups -OCH3 is 2. The molecule has 0 amide bonds. The van der Waals surface area contributed by atoms with Crippen LogP contribution in [0, 0.1) is 0 Å². The van der Waals surface area contributed by atoms with Crippen molar-refractivity contribution < 1.29 is 19.4 Å². The predicted octanol–water partition coefficient (Wildman–Crippen LogP) is 1.53. The number of hydrogen-bond donors (Lipinski definition) is 1. The Balaban J connectivity index is 2.85. The minimum Gasteiger partial charge on any atom is -0.496 e. The van der Waals surface area contributed by atoms with Gasteiger partial charge in [-0.05, 0) is 27.6 Å². The zero-order chi connectivity index (χ0) is 12.1. The molecule has 0 fully saturated rings. The molecule has 4 nitrogen and oxygen atoms in total. The number of carbonyl (C=O) groups is 1. The largest absolute Gasteiger partial charge is 0.496 e. The van der Waals surface area contributed by atoms with Crippen LogP contribution in [-0.4, -0.2) is 31.4 Å². The highest BCUT2D eigenvalue weighted by molar-refractivity contribution is 9.10. The molecule has 16 heavy (non-hydrogen) atoms. The van der Waals surface area contributed by atoms with Crippen molar-refractivity contribution in [2.45, 2.75) is 12.5 Å². The van der Waals surface area contributed by atoms with Gasteiger partial charge in [0.1, 0.15) is 5.75 Å². The Hall–Kier alpha value is -1.07. The fraction of sp³-hybridized carbons (Fsp3) is 0.364. The molecule has 0 aliphatic carbocycles. The maximum atomic E-state index is 11.1. The summed E-state index contributed by atoms with van der Waals surface area (Å²) in [6.07, 6.45) is -0.974. The first kappa shape index (κ1) is 13.0. The molecule has 0 saturated carbocycles. The monoisotopic (exact) mass is 288 g/mol. The van der Waals surface area contributed by atoms with Crippen molar-refractivity contribution in [2.24, 2.45) is 0 Å². The summed E-state index contributed by atoms with van der Waals surface area (Å²) >= 11 is 3.35. The van der Waals surface area contributed by atoms with E-state index in [-0.39, 0.29) is 6.42 Å². The second kappa shape index (κ2) is 5.86. The van der Waals surface area contributed by atoms with E-state index < -0.39 is 12.1 Å². The maximum absolute atomic E-state index is 11.1. The van der Waals surface area contributed by atoms with Gasteiger partial charge in [0.15, 0.2) is 6.10 Å². The van der Waals surface area contributed by atoms with Gasteiger partial charge in [-0.3, -0.25) is 0 Å². The highest BCUT2D eigenvalue weighted by Gasteiger charge is 2.18. The number of ether oxygens (including phenoxy) is 2. The van der Waals surface area contributed by atoms with Gasteiger partial charge < -0.3 is 14.6 Å². The number of rotatable bonds is 4. The van der Waals surface area contributed by atoms with Crippen LogP contribution in [0.5, 0.6) is 5.75 Å². The van der Waals surface area contributed by atoms with E-state index in [1.54, 1.807) is 25.3 Å². The second-order valence-electron chi connectivity index (χ2n) is 3.18. The van der Waals surface area contributed by atoms with Gasteiger partial charge >= 0.3 is 5.97 Å². The molecule has 1 aromatic carbocycles. The average Bonchev–Trinajstić information content (AvgIpc) is 2.30. The molecular weight excluding hydrogens is 276 g/mol. The Morgan fingerprint density at radius 2 is 2.19 bits per heavy atom. The van der Waals surface area contributed by atoms with Crippen LogP contribution in [0.15, 0.2) is 22.7 Å². The van der Waals surface area contributed by atoms with Crippen LogP contribution >= 0.6 is 15.9 Å². The molecule has 88 valence electrons. The Morgan fingerprint density at radius 1 is 1.50 bits per heavy atom. The fourth-order valence-electron chi connectivity index (χ4n) is 1.30. The predicted molar refractivity (Wildman–Crippen MR) is 62.4 cm³/mol. The standard InChI is InChI=1S/C11H13BrO4/c1-15-9-5-3-4-7(10(9)12)6-8(13)11(14)16-2/h3-5,8,13H,6H2,1-2H3. The molecule has 1 atom stereocenters. The number of carbonyl (C=O) groups excluding carboxylic acids is 1. The smallest absolute Gasteiger partial charge is 0.335 e. The number of esters is 1. The Morgan fingerprint density at radius 3 is 2.75 bits per heavy atom. The molecule has 0 spiro atoms. The van der Waals surface area contributed by atoms with Gasteiger partial charge in [-0.2, -0.15) is 0 Å². The van der Waals surface area contributed by atoms with Crippen LogP contribution in [0.1, 0.15) is 5.56 Å². The zero-order valence-corrected chi connectivity index (χ0v) is 10.7. The lowest BCUT2D eigenvalue weighted by atomic mass is 10.1. The molecule has 0 aliphatic rings. The van der Waals surface area contributed by atoms with E-state index in [0.717, 1.165) is 10.0 Å². The lowest BCUT2D eigenvalue weighted by Gasteiger charge is -2.11. The van der Waals surface area contributed by atoms with Gasteiger partial charge in [0.2, 0.25) is 0 Å². The summed E-state index contributed by atoms with van der Waals surface area (Å²) in [5.41, 5.74) is 0.789. The second-order valence-corrected chi connectivity index (χ2v) is 3.97. The van der Waals surface area contributed by atoms with Crippen LogP contribution in [0.25, 0.3) is 0 Å². The van der Waals surface area contributed by atoms with Crippen molar-refractivity contribution in [1.82, 2.24) is 0 Å². The molecule has 1 N–H and O–H groups in total. The Bertz CT molecular complexity index is 378. The van der Waals surface area contributed by atoms with Crippen LogP contribution in [0.3, 0.4) is 0 Å². The molecule has 1 aromatic rings. The lowest BCUT2D eigenvalue weighted by molar-refractivity contribution is -0.150. The van der Waals surface area contributed by atoms with E-state index >= 15 is 0 Å². The quantitative estimate of drug-likeness (QED) is 0.854. The summed E-state index contributed by atoms with van der Waals surface area (Å²) in [6, 6.07) is 5.39. The normalized spacial score (nSPS) is 12.0. The van der Waals surface area contributed by atoms with Crippen molar-refractivity contribution in [1.29, 1.82) is 0 Å². The van der Waals surface area contributed by atoms with Crippen molar-refractivity contribution in [2.75, 3.05) is 14.2 Å².